The summed E-state index contributed by atoms with van der Waals surface area (Å²) in [5.74, 6) is 0.0781. The van der Waals surface area contributed by atoms with Crippen LogP contribution >= 0.6 is 0 Å². The molecule has 1 aromatic rings. The van der Waals surface area contributed by atoms with Gasteiger partial charge in [0.2, 0.25) is 0 Å². The number of methoxy groups -OCH3 is 1. The topological polar surface area (TPSA) is 61.3 Å². The lowest BCUT2D eigenvalue weighted by Gasteiger charge is -2.25. The van der Waals surface area contributed by atoms with Gasteiger partial charge in [-0.15, -0.1) is 0 Å². The zero-order valence-electron chi connectivity index (χ0n) is 11.6. The Morgan fingerprint density at radius 2 is 2.11 bits per heavy atom. The zero-order chi connectivity index (χ0) is 13.8. The lowest BCUT2D eigenvalue weighted by molar-refractivity contribution is -0.00929. The summed E-state index contributed by atoms with van der Waals surface area (Å²) in [6, 6.07) is 0. The molecule has 100 valence electrons. The van der Waals surface area contributed by atoms with E-state index in [-0.39, 0.29) is 0 Å². The van der Waals surface area contributed by atoms with Crippen LogP contribution in [-0.2, 0) is 15.1 Å². The molecule has 0 radical (unpaired) electrons. The quantitative estimate of drug-likeness (QED) is 0.752. The Bertz CT molecular complexity index is 428. The van der Waals surface area contributed by atoms with Crippen LogP contribution in [0.2, 0.25) is 0 Å². The van der Waals surface area contributed by atoms with E-state index in [0.29, 0.717) is 23.7 Å². The summed E-state index contributed by atoms with van der Waals surface area (Å²) < 4.78 is 10.4. The number of esters is 1. The summed E-state index contributed by atoms with van der Waals surface area (Å²) in [5, 5.41) is 0. The number of rotatable bonds is 5. The molecular weight excluding hydrogens is 232 g/mol. The van der Waals surface area contributed by atoms with E-state index in [0.717, 1.165) is 6.42 Å². The lowest BCUT2D eigenvalue weighted by Crippen LogP contribution is -2.27. The Morgan fingerprint density at radius 1 is 1.44 bits per heavy atom. The molecule has 0 N–H and O–H groups in total. The molecule has 0 aliphatic rings. The van der Waals surface area contributed by atoms with E-state index < -0.39 is 11.6 Å². The van der Waals surface area contributed by atoms with Gasteiger partial charge in [-0.05, 0) is 27.2 Å². The molecule has 1 unspecified atom stereocenters. The summed E-state index contributed by atoms with van der Waals surface area (Å²) in [6.45, 7) is 7.75. The molecule has 0 bridgehead atoms. The van der Waals surface area contributed by atoms with Crippen molar-refractivity contribution in [3.05, 3.63) is 23.3 Å². The number of nitrogens with zero attached hydrogens (tertiary/aromatic N) is 2. The van der Waals surface area contributed by atoms with Crippen LogP contribution in [0, 0.1) is 6.92 Å². The number of ether oxygens (including phenoxy) is 2. The number of aryl methyl sites for hydroxylation is 1. The first-order valence-corrected chi connectivity index (χ1v) is 6.04. The molecule has 0 saturated carbocycles. The summed E-state index contributed by atoms with van der Waals surface area (Å²) in [7, 11) is 1.61. The number of carbonyl (C=O) groups is 1. The zero-order valence-corrected chi connectivity index (χ0v) is 11.6. The number of aromatic nitrogens is 2. The van der Waals surface area contributed by atoms with E-state index in [9.17, 15) is 4.79 Å². The average molecular weight is 252 g/mol. The number of carbonyl (C=O) groups excluding carboxylic acids is 1. The van der Waals surface area contributed by atoms with Crippen molar-refractivity contribution in [2.24, 2.45) is 0 Å². The minimum Gasteiger partial charge on any atom is -0.461 e. The van der Waals surface area contributed by atoms with Gasteiger partial charge in [-0.1, -0.05) is 6.92 Å². The Kier molecular flexibility index (Phi) is 4.78. The number of hydrogen-bond acceptors (Lipinski definition) is 5. The molecule has 5 heteroatoms. The van der Waals surface area contributed by atoms with Crippen LogP contribution in [0.15, 0.2) is 6.20 Å². The van der Waals surface area contributed by atoms with Crippen molar-refractivity contribution in [3.8, 4) is 0 Å². The maximum absolute atomic E-state index is 11.8. The smallest absolute Gasteiger partial charge is 0.357 e. The highest BCUT2D eigenvalue weighted by atomic mass is 16.5. The molecule has 1 rings (SSSR count). The molecule has 0 spiro atoms. The van der Waals surface area contributed by atoms with Crippen molar-refractivity contribution in [3.63, 3.8) is 0 Å². The van der Waals surface area contributed by atoms with Crippen LogP contribution in [0.4, 0.5) is 0 Å². The van der Waals surface area contributed by atoms with E-state index in [1.54, 1.807) is 27.2 Å². The highest BCUT2D eigenvalue weighted by Crippen LogP contribution is 2.25. The molecule has 0 saturated heterocycles. The highest BCUT2D eigenvalue weighted by molar-refractivity contribution is 5.88. The predicted octanol–water partition coefficient (Wildman–Crippen LogP) is 2.23. The molecule has 0 amide bonds. The first-order chi connectivity index (χ1) is 8.48. The molecule has 0 fully saturated rings. The number of hydrogen-bond donors (Lipinski definition) is 0. The van der Waals surface area contributed by atoms with Crippen molar-refractivity contribution < 1.29 is 14.3 Å². The van der Waals surface area contributed by atoms with Crippen LogP contribution in [0.1, 0.15) is 49.1 Å². The van der Waals surface area contributed by atoms with Gasteiger partial charge in [0, 0.05) is 18.9 Å². The summed E-state index contributed by atoms with van der Waals surface area (Å²) >= 11 is 0. The highest BCUT2D eigenvalue weighted by Gasteiger charge is 2.29. The van der Waals surface area contributed by atoms with Gasteiger partial charge in [0.05, 0.1) is 6.61 Å². The van der Waals surface area contributed by atoms with Gasteiger partial charge in [0.25, 0.3) is 0 Å². The molecule has 1 aromatic heterocycles. The third kappa shape index (κ3) is 2.85. The Hall–Kier alpha value is -1.49. The molecule has 5 nitrogen and oxygen atoms in total. The van der Waals surface area contributed by atoms with Crippen molar-refractivity contribution in [1.29, 1.82) is 0 Å². The van der Waals surface area contributed by atoms with E-state index in [4.69, 9.17) is 9.47 Å². The van der Waals surface area contributed by atoms with Crippen LogP contribution < -0.4 is 0 Å². The SMILES string of the molecule is CCOC(=O)c1nc(C(C)(CC)OC)ncc1C. The second kappa shape index (κ2) is 5.91. The molecule has 0 aromatic carbocycles. The molecule has 1 atom stereocenters. The van der Waals surface area contributed by atoms with Crippen LogP contribution in [-0.4, -0.2) is 29.7 Å². The monoisotopic (exact) mass is 252 g/mol. The molecule has 1 heterocycles. The van der Waals surface area contributed by atoms with Gasteiger partial charge in [0.15, 0.2) is 11.5 Å². The van der Waals surface area contributed by atoms with Gasteiger partial charge in [-0.2, -0.15) is 0 Å². The standard InChI is InChI=1S/C13H20N2O3/c1-6-13(4,17-5)12-14-8-9(3)10(15-12)11(16)18-7-2/h8H,6-7H2,1-5H3. The minimum atomic E-state index is -0.588. The van der Waals surface area contributed by atoms with Gasteiger partial charge in [-0.25, -0.2) is 14.8 Å². The molecular formula is C13H20N2O3. The third-order valence-corrected chi connectivity index (χ3v) is 3.04. The fraction of sp³-hybridized carbons (Fsp3) is 0.615. The van der Waals surface area contributed by atoms with Crippen molar-refractivity contribution in [2.75, 3.05) is 13.7 Å². The van der Waals surface area contributed by atoms with Gasteiger partial charge >= 0.3 is 5.97 Å². The maximum atomic E-state index is 11.8. The van der Waals surface area contributed by atoms with Crippen molar-refractivity contribution >= 4 is 5.97 Å². The first-order valence-electron chi connectivity index (χ1n) is 6.04. The normalized spacial score (nSPS) is 14.1. The predicted molar refractivity (Wildman–Crippen MR) is 67.4 cm³/mol. The van der Waals surface area contributed by atoms with E-state index >= 15 is 0 Å². The molecule has 0 aliphatic carbocycles. The fourth-order valence-corrected chi connectivity index (χ4v) is 1.50. The van der Waals surface area contributed by atoms with Crippen LogP contribution in [0.25, 0.3) is 0 Å². The molecule has 0 aliphatic heterocycles. The second-order valence-corrected chi connectivity index (χ2v) is 4.23. The Morgan fingerprint density at radius 3 is 2.61 bits per heavy atom. The maximum Gasteiger partial charge on any atom is 0.357 e. The molecule has 18 heavy (non-hydrogen) atoms. The van der Waals surface area contributed by atoms with E-state index in [1.165, 1.54) is 0 Å². The Labute approximate surface area is 108 Å². The van der Waals surface area contributed by atoms with Crippen molar-refractivity contribution in [2.45, 2.75) is 39.7 Å². The van der Waals surface area contributed by atoms with Gasteiger partial charge in [0.1, 0.15) is 5.60 Å². The third-order valence-electron chi connectivity index (χ3n) is 3.04. The van der Waals surface area contributed by atoms with E-state index in [2.05, 4.69) is 9.97 Å². The second-order valence-electron chi connectivity index (χ2n) is 4.23. The van der Waals surface area contributed by atoms with Crippen molar-refractivity contribution in [1.82, 2.24) is 9.97 Å². The summed E-state index contributed by atoms with van der Waals surface area (Å²) in [5.41, 5.74) is 0.417. The van der Waals surface area contributed by atoms with Gasteiger partial charge in [-0.3, -0.25) is 0 Å². The van der Waals surface area contributed by atoms with Crippen LogP contribution in [0.5, 0.6) is 0 Å². The Balaban J connectivity index is 3.19. The van der Waals surface area contributed by atoms with Gasteiger partial charge < -0.3 is 9.47 Å². The fourth-order valence-electron chi connectivity index (χ4n) is 1.50. The largest absolute Gasteiger partial charge is 0.461 e. The first kappa shape index (κ1) is 14.6. The average Bonchev–Trinajstić information content (AvgIpc) is 2.38. The summed E-state index contributed by atoms with van der Waals surface area (Å²) in [6.07, 6.45) is 2.34. The lowest BCUT2D eigenvalue weighted by atomic mass is 10.0. The minimum absolute atomic E-state index is 0.304. The van der Waals surface area contributed by atoms with Crippen LogP contribution in [0.3, 0.4) is 0 Å². The summed E-state index contributed by atoms with van der Waals surface area (Å²) in [4.78, 5) is 20.3. The van der Waals surface area contributed by atoms with E-state index in [1.807, 2.05) is 13.8 Å².